The third-order valence-corrected chi connectivity index (χ3v) is 10.4. The number of rotatable bonds is 15. The van der Waals surface area contributed by atoms with Crippen LogP contribution in [0.3, 0.4) is 0 Å². The Kier molecular flexibility index (Phi) is 22.4. The highest BCUT2D eigenvalue weighted by Crippen LogP contribution is 2.24. The molecular weight excluding hydrogens is 891 g/mol. The number of phenols is 3. The number of nitrogen functional groups attached to an aromatic ring is 1. The van der Waals surface area contributed by atoms with Gasteiger partial charge in [-0.3, -0.25) is 4.18 Å². The fraction of sp³-hybridized carbons (Fsp3) is 0.250. The first-order valence-electron chi connectivity index (χ1n) is 21.3. The number of benzene rings is 6. The minimum absolute atomic E-state index is 0.0778. The number of carbonyl (C=O) groups is 3. The summed E-state index contributed by atoms with van der Waals surface area (Å²) < 4.78 is 39.6. The van der Waals surface area contributed by atoms with Crippen molar-refractivity contribution in [2.24, 2.45) is 0 Å². The second-order valence-electron chi connectivity index (χ2n) is 15.3. The van der Waals surface area contributed by atoms with E-state index in [9.17, 15) is 38.1 Å². The van der Waals surface area contributed by atoms with Gasteiger partial charge >= 0.3 is 17.9 Å². The van der Waals surface area contributed by atoms with Gasteiger partial charge in [-0.25, -0.2) is 14.4 Å². The number of methoxy groups -OCH3 is 3. The highest BCUT2D eigenvalue weighted by atomic mass is 32.2. The van der Waals surface area contributed by atoms with Crippen molar-refractivity contribution in [3.63, 3.8) is 0 Å². The lowest BCUT2D eigenvalue weighted by Gasteiger charge is -2.09. The molecule has 6 aromatic rings. The molecule has 0 saturated carbocycles. The second-order valence-corrected chi connectivity index (χ2v) is 16.9. The highest BCUT2D eigenvalue weighted by molar-refractivity contribution is 7.85. The predicted molar refractivity (Wildman–Crippen MR) is 265 cm³/mol. The monoisotopic (exact) mass is 951 g/mol. The van der Waals surface area contributed by atoms with Crippen molar-refractivity contribution in [2.75, 3.05) is 63.6 Å². The van der Waals surface area contributed by atoms with Crippen LogP contribution in [0.5, 0.6) is 17.2 Å². The van der Waals surface area contributed by atoms with Crippen molar-refractivity contribution < 1.29 is 56.5 Å². The van der Waals surface area contributed by atoms with Crippen molar-refractivity contribution in [1.82, 2.24) is 0 Å². The summed E-state index contributed by atoms with van der Waals surface area (Å²) >= 11 is 0. The van der Waals surface area contributed by atoms with E-state index in [-0.39, 0.29) is 40.5 Å². The first-order valence-corrected chi connectivity index (χ1v) is 23.1. The van der Waals surface area contributed by atoms with Crippen molar-refractivity contribution in [3.8, 4) is 17.2 Å². The SMILES string of the molecule is COC(=O)c1cc(N)ccc1O.COC(=O)c1cc(NCCc2ccc(C)cc2)ccc1O.COC(=O)c1cc(NCCc2ccc(C)cc2)ccc1O.Cc1ccc(CCOS(C)(=O)=O)cc1. The summed E-state index contributed by atoms with van der Waals surface area (Å²) in [6.07, 6.45) is 3.44. The van der Waals surface area contributed by atoms with E-state index in [1.807, 2.05) is 31.2 Å². The van der Waals surface area contributed by atoms with Crippen LogP contribution >= 0.6 is 0 Å². The van der Waals surface area contributed by atoms with E-state index in [4.69, 9.17) is 5.73 Å². The first kappa shape index (κ1) is 54.8. The minimum atomic E-state index is -3.30. The summed E-state index contributed by atoms with van der Waals surface area (Å²) in [6.45, 7) is 7.83. The number of ether oxygens (including phenoxy) is 3. The van der Waals surface area contributed by atoms with E-state index in [1.165, 1.54) is 79.5 Å². The molecule has 0 aliphatic rings. The molecule has 16 heteroatoms. The maximum absolute atomic E-state index is 11.5. The van der Waals surface area contributed by atoms with Gasteiger partial charge in [-0.05, 0) is 111 Å². The van der Waals surface area contributed by atoms with Crippen LogP contribution in [0.15, 0.2) is 127 Å². The zero-order chi connectivity index (χ0) is 50.2. The molecule has 15 nitrogen and oxygen atoms in total. The predicted octanol–water partition coefficient (Wildman–Crippen LogP) is 8.56. The molecule has 6 rings (SSSR count). The number of anilines is 3. The topological polar surface area (TPSA) is 233 Å². The lowest BCUT2D eigenvalue weighted by Crippen LogP contribution is -2.07. The van der Waals surface area contributed by atoms with Gasteiger partial charge in [-0.2, -0.15) is 8.42 Å². The van der Waals surface area contributed by atoms with Gasteiger partial charge in [0, 0.05) is 30.2 Å². The number of carbonyl (C=O) groups excluding carboxylic acids is 3. The third kappa shape index (κ3) is 19.9. The van der Waals surface area contributed by atoms with Crippen LogP contribution in [-0.2, 0) is 47.8 Å². The van der Waals surface area contributed by atoms with Crippen LogP contribution in [0.25, 0.3) is 0 Å². The van der Waals surface area contributed by atoms with Gasteiger partial charge in [0.25, 0.3) is 10.1 Å². The van der Waals surface area contributed by atoms with Gasteiger partial charge < -0.3 is 45.9 Å². The standard InChI is InChI=1S/2C17H19NO3.C10H14O3S.C8H9NO3/c2*1-12-3-5-13(6-4-12)9-10-18-14-7-8-16(19)15(11-14)17(20)21-2;1-9-3-5-10(6-4-9)7-8-13-14(2,11)12;1-12-8(11)6-4-5(9)2-3-7(6)10/h2*3-8,11,18-19H,9-10H2,1-2H3;3-6H,7-8H2,1-2H3;2-4,10H,9H2,1H3. The van der Waals surface area contributed by atoms with Gasteiger partial charge in [0.05, 0.1) is 34.2 Å². The molecule has 0 amide bonds. The smallest absolute Gasteiger partial charge is 0.341 e. The number of hydrogen-bond acceptors (Lipinski definition) is 15. The Morgan fingerprint density at radius 3 is 1.16 bits per heavy atom. The second kappa shape index (κ2) is 27.8. The van der Waals surface area contributed by atoms with Gasteiger partial charge in [-0.1, -0.05) is 89.5 Å². The summed E-state index contributed by atoms with van der Waals surface area (Å²) in [5.74, 6) is -1.97. The zero-order valence-corrected chi connectivity index (χ0v) is 40.2. The van der Waals surface area contributed by atoms with E-state index >= 15 is 0 Å². The molecule has 0 bridgehead atoms. The minimum Gasteiger partial charge on any atom is -0.507 e. The fourth-order valence-electron chi connectivity index (χ4n) is 5.94. The van der Waals surface area contributed by atoms with E-state index in [0.717, 1.165) is 49.1 Å². The van der Waals surface area contributed by atoms with Gasteiger partial charge in [0.15, 0.2) is 0 Å². The molecule has 0 radical (unpaired) electrons. The third-order valence-electron chi connectivity index (χ3n) is 9.77. The summed E-state index contributed by atoms with van der Waals surface area (Å²) in [4.78, 5) is 34.0. The summed E-state index contributed by atoms with van der Waals surface area (Å²) in [5, 5.41) is 34.9. The molecule has 6 aromatic carbocycles. The van der Waals surface area contributed by atoms with Crippen LogP contribution in [0.2, 0.25) is 0 Å². The highest BCUT2D eigenvalue weighted by Gasteiger charge is 2.14. The van der Waals surface area contributed by atoms with Crippen LogP contribution in [0.1, 0.15) is 64.5 Å². The van der Waals surface area contributed by atoms with Crippen LogP contribution in [0, 0.1) is 20.8 Å². The van der Waals surface area contributed by atoms with Gasteiger partial charge in [0.2, 0.25) is 0 Å². The maximum atomic E-state index is 11.5. The Morgan fingerprint density at radius 2 is 0.824 bits per heavy atom. The largest absolute Gasteiger partial charge is 0.507 e. The molecule has 0 aliphatic carbocycles. The van der Waals surface area contributed by atoms with Crippen molar-refractivity contribution in [3.05, 3.63) is 177 Å². The van der Waals surface area contributed by atoms with Crippen molar-refractivity contribution in [1.29, 1.82) is 0 Å². The molecular formula is C52H61N3O12S. The molecule has 0 heterocycles. The number of esters is 3. The summed E-state index contributed by atoms with van der Waals surface area (Å²) in [7, 11) is 0.520. The molecule has 0 aliphatic heterocycles. The Hall–Kier alpha value is -7.56. The molecule has 0 unspecified atom stereocenters. The average molecular weight is 952 g/mol. The van der Waals surface area contributed by atoms with Crippen LogP contribution in [-0.4, -0.2) is 88.9 Å². The number of phenolic OH excluding ortho intramolecular Hbond substituents is 3. The maximum Gasteiger partial charge on any atom is 0.341 e. The number of nitrogens with two attached hydrogens (primary N) is 1. The zero-order valence-electron chi connectivity index (χ0n) is 39.4. The number of aromatic hydroxyl groups is 3. The summed E-state index contributed by atoms with van der Waals surface area (Å²) in [6, 6.07) is 38.6. The Balaban J connectivity index is 0.000000247. The fourth-order valence-corrected chi connectivity index (χ4v) is 6.33. The van der Waals surface area contributed by atoms with E-state index in [2.05, 4.69) is 91.4 Å². The molecule has 7 N–H and O–H groups in total. The molecule has 0 fully saturated rings. The van der Waals surface area contributed by atoms with Crippen molar-refractivity contribution >= 4 is 45.1 Å². The van der Waals surface area contributed by atoms with Gasteiger partial charge in [-0.15, -0.1) is 0 Å². The number of hydrogen-bond donors (Lipinski definition) is 6. The van der Waals surface area contributed by atoms with Gasteiger partial charge in [0.1, 0.15) is 33.9 Å². The average Bonchev–Trinajstić information content (AvgIpc) is 3.32. The van der Waals surface area contributed by atoms with E-state index < -0.39 is 28.0 Å². The number of nitrogens with one attached hydrogen (secondary N) is 2. The Bertz CT molecular complexity index is 2540. The lowest BCUT2D eigenvalue weighted by atomic mass is 10.1. The molecule has 0 atom stereocenters. The van der Waals surface area contributed by atoms with Crippen LogP contribution < -0.4 is 16.4 Å². The van der Waals surface area contributed by atoms with E-state index in [0.29, 0.717) is 12.1 Å². The molecule has 0 spiro atoms. The number of aryl methyl sites for hydroxylation is 3. The molecule has 362 valence electrons. The Labute approximate surface area is 398 Å². The van der Waals surface area contributed by atoms with Crippen LogP contribution in [0.4, 0.5) is 17.1 Å². The van der Waals surface area contributed by atoms with Crippen molar-refractivity contribution in [2.45, 2.75) is 40.0 Å². The lowest BCUT2D eigenvalue weighted by molar-refractivity contribution is 0.0588. The van der Waals surface area contributed by atoms with E-state index in [1.54, 1.807) is 24.3 Å². The molecule has 0 saturated heterocycles. The Morgan fingerprint density at radius 1 is 0.500 bits per heavy atom. The first-order chi connectivity index (χ1) is 32.3. The normalized spacial score (nSPS) is 10.3. The molecule has 0 aromatic heterocycles. The molecule has 68 heavy (non-hydrogen) atoms. The summed E-state index contributed by atoms with van der Waals surface area (Å²) in [5.41, 5.74) is 15.0. The quantitative estimate of drug-likeness (QED) is 0.0186.